The second kappa shape index (κ2) is 4.64. The van der Waals surface area contributed by atoms with Gasteiger partial charge in [-0.25, -0.2) is 0 Å². The van der Waals surface area contributed by atoms with Gasteiger partial charge in [-0.1, -0.05) is 0 Å². The largest absolute Gasteiger partial charge is 0.412 e. The lowest BCUT2D eigenvalue weighted by Crippen LogP contribution is -4.23. The molecule has 6 nitrogen and oxygen atoms in total. The molecule has 0 amide bonds. The molecule has 0 heterocycles. The Morgan fingerprint density at radius 3 is 1.00 bits per heavy atom. The molecule has 0 atom stereocenters. The first-order valence-corrected chi connectivity index (χ1v) is 4.24. The van der Waals surface area contributed by atoms with Crippen LogP contribution in [0.25, 0.3) is 0 Å². The third kappa shape index (κ3) is 545. The Kier molecular flexibility index (Phi) is 10.4. The molecular formula is H5IO6. The molecule has 48 valence electrons. The van der Waals surface area contributed by atoms with E-state index in [1.54, 1.807) is 0 Å². The van der Waals surface area contributed by atoms with Crippen LogP contribution in [-0.4, -0.2) is 14.4 Å². The fourth-order valence-corrected chi connectivity index (χ4v) is 0. The summed E-state index contributed by atoms with van der Waals surface area (Å²) < 4.78 is 33.2. The minimum Gasteiger partial charge on any atom is -0.412 e. The summed E-state index contributed by atoms with van der Waals surface area (Å²) in [5, 5.41) is 0. The highest BCUT2D eigenvalue weighted by Gasteiger charge is 2.11. The van der Waals surface area contributed by atoms with E-state index < -0.39 is 20.1 Å². The number of hydrogen-bond donors (Lipinski definition) is 1. The zero-order valence-electron chi connectivity index (χ0n) is 3.05. The van der Waals surface area contributed by atoms with Crippen molar-refractivity contribution in [3.63, 3.8) is 0 Å². The third-order valence-corrected chi connectivity index (χ3v) is 0. The van der Waals surface area contributed by atoms with Crippen LogP contribution in [0.5, 0.6) is 0 Å². The lowest BCUT2D eigenvalue weighted by molar-refractivity contribution is -1.92. The average Bonchev–Trinajstić information content (AvgIpc) is 0.722. The molecule has 0 fully saturated rings. The number of halogens is 1. The molecule has 0 spiro atoms. The molecular weight excluding hydrogens is 223 g/mol. The van der Waals surface area contributed by atoms with E-state index in [2.05, 4.69) is 0 Å². The van der Waals surface area contributed by atoms with Crippen LogP contribution in [0.1, 0.15) is 0 Å². The van der Waals surface area contributed by atoms with Crippen molar-refractivity contribution in [1.82, 2.24) is 0 Å². The fourth-order valence-electron chi connectivity index (χ4n) is 0. The maximum Gasteiger partial charge on any atom is 0.368 e. The molecule has 0 unspecified atom stereocenters. The normalized spacial score (nSPS) is 8.57. The average molecular weight is 228 g/mol. The molecule has 0 aromatic carbocycles. The van der Waals surface area contributed by atoms with Crippen molar-refractivity contribution < 1.29 is 44.8 Å². The van der Waals surface area contributed by atoms with Crippen molar-refractivity contribution in [2.75, 3.05) is 0 Å². The van der Waals surface area contributed by atoms with E-state index >= 15 is 0 Å². The molecule has 0 bridgehead atoms. The van der Waals surface area contributed by atoms with Crippen LogP contribution < -0.4 is 30.4 Å². The molecule has 0 radical (unpaired) electrons. The highest BCUT2D eigenvalue weighted by Crippen LogP contribution is 0.389. The van der Waals surface area contributed by atoms with Gasteiger partial charge in [0.1, 0.15) is 0 Å². The summed E-state index contributed by atoms with van der Waals surface area (Å²) in [7, 11) is 0. The molecule has 0 aliphatic rings. The summed E-state index contributed by atoms with van der Waals surface area (Å²) >= 11 is -5.69. The number of rotatable bonds is 0. The second-order valence-corrected chi connectivity index (χ2v) is 2.66. The van der Waals surface area contributed by atoms with E-state index in [0.717, 1.165) is 0 Å². The van der Waals surface area contributed by atoms with Gasteiger partial charge in [-0.15, -0.1) is 0 Å². The van der Waals surface area contributed by atoms with Gasteiger partial charge < -0.3 is 11.0 Å². The molecule has 0 saturated heterocycles. The molecule has 0 aromatic rings. The van der Waals surface area contributed by atoms with Crippen molar-refractivity contribution >= 4 is 0 Å². The Labute approximate surface area is 45.4 Å². The zero-order valence-corrected chi connectivity index (χ0v) is 5.21. The molecule has 7 heavy (non-hydrogen) atoms. The van der Waals surface area contributed by atoms with Gasteiger partial charge in [-0.3, -0.25) is 10.3 Å². The highest BCUT2D eigenvalue weighted by atomic mass is 127. The summed E-state index contributed by atoms with van der Waals surface area (Å²) in [6.45, 7) is 0. The van der Waals surface area contributed by atoms with Crippen LogP contribution in [-0.2, 0) is 0 Å². The Morgan fingerprint density at radius 1 is 1.00 bits per heavy atom. The van der Waals surface area contributed by atoms with Crippen LogP contribution in [0.4, 0.5) is 0 Å². The van der Waals surface area contributed by atoms with Crippen LogP contribution in [0, 0.1) is 0 Å². The van der Waals surface area contributed by atoms with Crippen molar-refractivity contribution in [2.45, 2.75) is 0 Å². The van der Waals surface area contributed by atoms with Gasteiger partial charge in [-0.2, -0.15) is 0 Å². The van der Waals surface area contributed by atoms with Crippen LogP contribution in [0.2, 0.25) is 0 Å². The Hall–Kier alpha value is 0.490. The van der Waals surface area contributed by atoms with Crippen molar-refractivity contribution in [2.24, 2.45) is 0 Å². The highest BCUT2D eigenvalue weighted by molar-refractivity contribution is 2.15. The summed E-state index contributed by atoms with van der Waals surface area (Å²) in [4.78, 5) is 0. The lowest BCUT2D eigenvalue weighted by Gasteiger charge is -1.93. The zero-order chi connectivity index (χ0) is 4.50. The predicted molar refractivity (Wildman–Crippen MR) is 9.45 cm³/mol. The smallest absolute Gasteiger partial charge is 0.368 e. The first-order valence-electron chi connectivity index (χ1n) is 0.632. The minimum absolute atomic E-state index is 0. The topological polar surface area (TPSA) is 152 Å². The third-order valence-electron chi connectivity index (χ3n) is 0. The van der Waals surface area contributed by atoms with Gasteiger partial charge in [0, 0.05) is 3.44 Å². The molecule has 7 heteroatoms. The quantitative estimate of drug-likeness (QED) is 0.409. The standard InChI is InChI=1S/HIO4.2H2O/c2-1(3,4)5;;/h2H;2*1H2. The monoisotopic (exact) mass is 228 g/mol. The predicted octanol–water partition coefficient (Wildman–Crippen LogP) is -8.77. The van der Waals surface area contributed by atoms with Crippen LogP contribution in [0.3, 0.4) is 0 Å². The van der Waals surface area contributed by atoms with E-state index in [4.69, 9.17) is 13.7 Å². The molecule has 5 N–H and O–H groups in total. The maximum absolute atomic E-state index is 8.73. The van der Waals surface area contributed by atoms with Crippen molar-refractivity contribution in [1.29, 1.82) is 0 Å². The molecule has 0 aliphatic carbocycles. The maximum atomic E-state index is 8.73. The SMILES string of the molecule is O.O.[O-][I+3]([O-])([O-])O. The summed E-state index contributed by atoms with van der Waals surface area (Å²) in [5.74, 6) is 0. The van der Waals surface area contributed by atoms with Gasteiger partial charge in [0.2, 0.25) is 0 Å². The first kappa shape index (κ1) is 15.6. The summed E-state index contributed by atoms with van der Waals surface area (Å²) in [5.41, 5.74) is 0. The van der Waals surface area contributed by atoms with E-state index in [1.165, 1.54) is 0 Å². The van der Waals surface area contributed by atoms with Gasteiger partial charge in [0.15, 0.2) is 0 Å². The Balaban J connectivity index is -0.0000000800. The fraction of sp³-hybridized carbons (Fsp3) is 0. The van der Waals surface area contributed by atoms with Gasteiger partial charge in [0.05, 0.1) is 0 Å². The van der Waals surface area contributed by atoms with E-state index in [1.807, 2.05) is 0 Å². The minimum atomic E-state index is -5.69. The van der Waals surface area contributed by atoms with Gasteiger partial charge in [0.25, 0.3) is 0 Å². The lowest BCUT2D eigenvalue weighted by atomic mass is 16.0. The molecule has 0 rings (SSSR count). The van der Waals surface area contributed by atoms with Gasteiger partial charge >= 0.3 is 20.1 Å². The van der Waals surface area contributed by atoms with Crippen LogP contribution >= 0.6 is 0 Å². The van der Waals surface area contributed by atoms with Crippen molar-refractivity contribution in [3.8, 4) is 0 Å². The Morgan fingerprint density at radius 2 is 1.00 bits per heavy atom. The molecule has 0 aromatic heterocycles. The second-order valence-electron chi connectivity index (χ2n) is 0.396. The summed E-state index contributed by atoms with van der Waals surface area (Å²) in [6.07, 6.45) is 0. The molecule has 0 aliphatic heterocycles. The summed E-state index contributed by atoms with van der Waals surface area (Å²) in [6, 6.07) is 0. The van der Waals surface area contributed by atoms with Crippen LogP contribution in [0.15, 0.2) is 0 Å². The van der Waals surface area contributed by atoms with E-state index in [0.29, 0.717) is 0 Å². The van der Waals surface area contributed by atoms with Crippen molar-refractivity contribution in [3.05, 3.63) is 0 Å². The van der Waals surface area contributed by atoms with E-state index in [-0.39, 0.29) is 11.0 Å². The van der Waals surface area contributed by atoms with Gasteiger partial charge in [-0.05, 0) is 0 Å². The first-order chi connectivity index (χ1) is 2.00. The Bertz CT molecular complexity index is 19.7. The number of hydrogen-bond acceptors (Lipinski definition) is 4. The molecule has 0 saturated carbocycles. The van der Waals surface area contributed by atoms with E-state index in [9.17, 15) is 0 Å².